The Morgan fingerprint density at radius 2 is 1.41 bits per heavy atom. The lowest BCUT2D eigenvalue weighted by Crippen LogP contribution is -2.83. The summed E-state index contributed by atoms with van der Waals surface area (Å²) in [6.45, 7) is 1.42. The average Bonchev–Trinajstić information content (AvgIpc) is 2.87. The van der Waals surface area contributed by atoms with Crippen molar-refractivity contribution < 1.29 is 37.0 Å². The van der Waals surface area contributed by atoms with Gasteiger partial charge < -0.3 is 14.2 Å². The Hall–Kier alpha value is -4.11. The third-order valence-electron chi connectivity index (χ3n) is 6.54. The smallest absolute Gasteiger partial charge is 0.416 e. The molecule has 9 heteroatoms. The first-order valence-electron chi connectivity index (χ1n) is 11.5. The lowest BCUT2D eigenvalue weighted by Gasteiger charge is -2.62. The van der Waals surface area contributed by atoms with E-state index in [1.54, 1.807) is 4.90 Å². The highest BCUT2D eigenvalue weighted by atomic mass is 19.4. The van der Waals surface area contributed by atoms with Gasteiger partial charge in [0.15, 0.2) is 0 Å². The highest BCUT2D eigenvalue weighted by Crippen LogP contribution is 2.52. The zero-order chi connectivity index (χ0) is 26.3. The van der Waals surface area contributed by atoms with Gasteiger partial charge in [0.1, 0.15) is 5.75 Å². The molecule has 0 bridgehead atoms. The van der Waals surface area contributed by atoms with E-state index in [1.807, 2.05) is 60.7 Å². The van der Waals surface area contributed by atoms with Crippen molar-refractivity contribution >= 4 is 11.9 Å². The van der Waals surface area contributed by atoms with E-state index in [0.29, 0.717) is 0 Å². The van der Waals surface area contributed by atoms with Crippen LogP contribution in [0.1, 0.15) is 29.7 Å². The fourth-order valence-corrected chi connectivity index (χ4v) is 4.71. The normalized spacial score (nSPS) is 24.7. The van der Waals surface area contributed by atoms with Crippen LogP contribution in [0.2, 0.25) is 0 Å². The van der Waals surface area contributed by atoms with E-state index in [4.69, 9.17) is 14.2 Å². The highest BCUT2D eigenvalue weighted by molar-refractivity contribution is 5.92. The van der Waals surface area contributed by atoms with Crippen LogP contribution in [0.25, 0.3) is 0 Å². The number of benzene rings is 3. The summed E-state index contributed by atoms with van der Waals surface area (Å²) >= 11 is 0. The molecule has 3 aromatic rings. The second-order valence-electron chi connectivity index (χ2n) is 8.89. The van der Waals surface area contributed by atoms with Gasteiger partial charge in [0.2, 0.25) is 5.72 Å². The molecule has 2 aliphatic rings. The van der Waals surface area contributed by atoms with Crippen molar-refractivity contribution in [3.05, 3.63) is 114 Å². The number of alkyl halides is 3. The van der Waals surface area contributed by atoms with Crippen LogP contribution in [0.4, 0.5) is 13.2 Å². The van der Waals surface area contributed by atoms with Gasteiger partial charge in [-0.25, -0.2) is 14.5 Å². The van der Waals surface area contributed by atoms with Crippen LogP contribution >= 0.6 is 0 Å². The standard InChI is InChI=1S/C28H22F3NO5/c1-26-27(37-24(34)16-15-23(33)36-26,35-22-14-8-13-21(17-22)28(29,30)31)18-32(26)25(19-9-4-2-5-10-19)20-11-6-3-7-12-20/h2-17,25H,18H2,1H3/b16-15+. The highest BCUT2D eigenvalue weighted by Gasteiger charge is 2.72. The van der Waals surface area contributed by atoms with Gasteiger partial charge >= 0.3 is 23.9 Å². The Balaban J connectivity index is 1.61. The van der Waals surface area contributed by atoms with E-state index < -0.39 is 41.2 Å². The molecule has 0 amide bonds. The summed E-state index contributed by atoms with van der Waals surface area (Å²) < 4.78 is 57.5. The second-order valence-corrected chi connectivity index (χ2v) is 8.89. The summed E-state index contributed by atoms with van der Waals surface area (Å²) in [7, 11) is 0. The molecule has 3 aromatic carbocycles. The molecule has 2 atom stereocenters. The zero-order valence-electron chi connectivity index (χ0n) is 19.6. The Morgan fingerprint density at radius 1 is 0.838 bits per heavy atom. The van der Waals surface area contributed by atoms with Gasteiger partial charge in [-0.3, -0.25) is 0 Å². The number of rotatable bonds is 5. The predicted molar refractivity (Wildman–Crippen MR) is 126 cm³/mol. The number of esters is 2. The molecule has 1 saturated heterocycles. The minimum atomic E-state index is -4.61. The molecule has 0 saturated carbocycles. The largest absolute Gasteiger partial charge is 0.446 e. The van der Waals surface area contributed by atoms with E-state index in [9.17, 15) is 22.8 Å². The Labute approximate surface area is 210 Å². The van der Waals surface area contributed by atoms with Crippen molar-refractivity contribution in [1.82, 2.24) is 4.90 Å². The number of carbonyl (C=O) groups excluding carboxylic acids is 2. The topological polar surface area (TPSA) is 65.1 Å². The summed E-state index contributed by atoms with van der Waals surface area (Å²) in [5.74, 6) is -3.81. The van der Waals surface area contributed by atoms with Gasteiger partial charge in [0.05, 0.1) is 18.2 Å². The van der Waals surface area contributed by atoms with Gasteiger partial charge in [0, 0.05) is 12.2 Å². The van der Waals surface area contributed by atoms with E-state index in [0.717, 1.165) is 35.4 Å². The monoisotopic (exact) mass is 509 g/mol. The first-order valence-corrected chi connectivity index (χ1v) is 11.5. The Bertz CT molecular complexity index is 1310. The molecule has 0 radical (unpaired) electrons. The molecular weight excluding hydrogens is 487 g/mol. The maximum Gasteiger partial charge on any atom is 0.416 e. The van der Waals surface area contributed by atoms with Crippen molar-refractivity contribution in [3.63, 3.8) is 0 Å². The summed E-state index contributed by atoms with van der Waals surface area (Å²) in [4.78, 5) is 27.0. The van der Waals surface area contributed by atoms with Crippen LogP contribution in [0.3, 0.4) is 0 Å². The maximum atomic E-state index is 13.4. The predicted octanol–water partition coefficient (Wildman–Crippen LogP) is 5.26. The van der Waals surface area contributed by atoms with Gasteiger partial charge in [-0.15, -0.1) is 0 Å². The molecule has 6 nitrogen and oxygen atoms in total. The summed E-state index contributed by atoms with van der Waals surface area (Å²) in [6.07, 6.45) is -2.77. The lowest BCUT2D eigenvalue weighted by atomic mass is 9.83. The van der Waals surface area contributed by atoms with Crippen molar-refractivity contribution in [1.29, 1.82) is 0 Å². The van der Waals surface area contributed by atoms with Crippen LogP contribution in [0.15, 0.2) is 97.1 Å². The van der Waals surface area contributed by atoms with Crippen LogP contribution in [0, 0.1) is 0 Å². The minimum absolute atomic E-state index is 0.0962. The number of hydrogen-bond acceptors (Lipinski definition) is 6. The van der Waals surface area contributed by atoms with E-state index in [2.05, 4.69) is 0 Å². The summed E-state index contributed by atoms with van der Waals surface area (Å²) in [6, 6.07) is 22.6. The summed E-state index contributed by atoms with van der Waals surface area (Å²) in [5.41, 5.74) is -0.903. The number of nitrogens with zero attached hydrogens (tertiary/aromatic N) is 1. The number of hydrogen-bond donors (Lipinski definition) is 0. The van der Waals surface area contributed by atoms with Crippen molar-refractivity contribution in [3.8, 4) is 5.75 Å². The van der Waals surface area contributed by atoms with E-state index in [-0.39, 0.29) is 12.3 Å². The molecular formula is C28H22F3NO5. The third kappa shape index (κ3) is 4.46. The molecule has 2 aliphatic heterocycles. The third-order valence-corrected chi connectivity index (χ3v) is 6.54. The quantitative estimate of drug-likeness (QED) is 0.438. The summed E-state index contributed by atoms with van der Waals surface area (Å²) in [5, 5.41) is 0. The second kappa shape index (κ2) is 9.08. The van der Waals surface area contributed by atoms with Crippen LogP contribution in [-0.4, -0.2) is 34.9 Å². The zero-order valence-corrected chi connectivity index (χ0v) is 19.6. The first-order chi connectivity index (χ1) is 17.6. The van der Waals surface area contributed by atoms with Crippen molar-refractivity contribution in [2.75, 3.05) is 6.54 Å². The van der Waals surface area contributed by atoms with Crippen molar-refractivity contribution in [2.24, 2.45) is 0 Å². The van der Waals surface area contributed by atoms with Gasteiger partial charge in [-0.05, 0) is 36.2 Å². The SMILES string of the molecule is CC12OC(=O)/C=C/C(=O)OC1(Oc1cccc(C(F)(F)F)c1)CN2C(c1ccccc1)c1ccccc1. The molecule has 1 fully saturated rings. The van der Waals surface area contributed by atoms with Gasteiger partial charge in [0.25, 0.3) is 0 Å². The van der Waals surface area contributed by atoms with Crippen LogP contribution in [-0.2, 0) is 25.2 Å². The van der Waals surface area contributed by atoms with Gasteiger partial charge in [-0.1, -0.05) is 66.7 Å². The fraction of sp³-hybridized carbons (Fsp3) is 0.214. The Kier molecular flexibility index (Phi) is 6.03. The number of halogens is 3. The number of fused-ring (bicyclic) bond motifs is 1. The van der Waals surface area contributed by atoms with Crippen LogP contribution in [0.5, 0.6) is 5.75 Å². The Morgan fingerprint density at radius 3 is 1.97 bits per heavy atom. The number of carbonyl (C=O) groups is 2. The van der Waals surface area contributed by atoms with E-state index in [1.165, 1.54) is 19.1 Å². The molecule has 2 unspecified atom stereocenters. The molecule has 2 heterocycles. The molecule has 37 heavy (non-hydrogen) atoms. The molecule has 0 N–H and O–H groups in total. The van der Waals surface area contributed by atoms with Crippen molar-refractivity contribution in [2.45, 2.75) is 30.7 Å². The number of ether oxygens (including phenoxy) is 3. The average molecular weight is 509 g/mol. The number of likely N-dealkylation sites (tertiary alicyclic amines) is 1. The molecule has 190 valence electrons. The maximum absolute atomic E-state index is 13.4. The lowest BCUT2D eigenvalue weighted by molar-refractivity contribution is -0.389. The molecule has 0 spiro atoms. The molecule has 5 rings (SSSR count). The van der Waals surface area contributed by atoms with Crippen LogP contribution < -0.4 is 4.74 Å². The minimum Gasteiger partial charge on any atom is -0.446 e. The molecule has 0 aromatic heterocycles. The first kappa shape index (κ1) is 24.6. The van der Waals surface area contributed by atoms with Gasteiger partial charge in [-0.2, -0.15) is 13.2 Å². The van der Waals surface area contributed by atoms with E-state index >= 15 is 0 Å². The molecule has 0 aliphatic carbocycles. The fourth-order valence-electron chi connectivity index (χ4n) is 4.71.